The molecular weight excluding hydrogens is 132 g/mol. The van der Waals surface area contributed by atoms with Crippen molar-refractivity contribution in [2.75, 3.05) is 0 Å². The lowest BCUT2D eigenvalue weighted by molar-refractivity contribution is -0.120. The van der Waals surface area contributed by atoms with E-state index in [0.717, 1.165) is 0 Å². The Balaban J connectivity index is 2.80. The molecule has 0 aromatic heterocycles. The number of aldehydes is 1. The molecule has 0 aromatic rings. The largest absolute Gasteiger partial charge is 0.512 e. The fourth-order valence-corrected chi connectivity index (χ4v) is 0.815. The van der Waals surface area contributed by atoms with E-state index < -0.39 is 5.60 Å². The molecule has 54 valence electrons. The van der Waals surface area contributed by atoms with Gasteiger partial charge in [-0.25, -0.2) is 0 Å². The van der Waals surface area contributed by atoms with Crippen LogP contribution in [0.5, 0.6) is 0 Å². The average Bonchev–Trinajstić information content (AvgIpc) is 1.88. The molecule has 1 atom stereocenters. The fourth-order valence-electron chi connectivity index (χ4n) is 0.815. The molecule has 1 unspecified atom stereocenters. The van der Waals surface area contributed by atoms with Crippen LogP contribution in [0.15, 0.2) is 24.0 Å². The number of allylic oxidation sites excluding steroid dienone is 2. The van der Waals surface area contributed by atoms with E-state index in [1.807, 2.05) is 0 Å². The van der Waals surface area contributed by atoms with Crippen molar-refractivity contribution in [3.8, 4) is 0 Å². The summed E-state index contributed by atoms with van der Waals surface area (Å²) in [4.78, 5) is 10.2. The van der Waals surface area contributed by atoms with E-state index in [9.17, 15) is 9.90 Å². The quantitative estimate of drug-likeness (QED) is 0.515. The van der Waals surface area contributed by atoms with Gasteiger partial charge >= 0.3 is 0 Å². The molecule has 0 saturated carbocycles. The second-order valence-corrected chi connectivity index (χ2v) is 2.30. The van der Waals surface area contributed by atoms with E-state index >= 15 is 0 Å². The van der Waals surface area contributed by atoms with Crippen LogP contribution in [0.4, 0.5) is 0 Å². The highest BCUT2D eigenvalue weighted by atomic mass is 16.3. The third-order valence-electron chi connectivity index (χ3n) is 1.34. The molecule has 0 heterocycles. The van der Waals surface area contributed by atoms with Gasteiger partial charge in [-0.2, -0.15) is 0 Å². The van der Waals surface area contributed by atoms with Gasteiger partial charge in [-0.1, -0.05) is 6.08 Å². The highest BCUT2D eigenvalue weighted by Gasteiger charge is 2.25. The first-order chi connectivity index (χ1) is 4.66. The number of hydrogen-bond acceptors (Lipinski definition) is 3. The van der Waals surface area contributed by atoms with Crippen LogP contribution >= 0.6 is 0 Å². The molecule has 0 radical (unpaired) electrons. The summed E-state index contributed by atoms with van der Waals surface area (Å²) in [5, 5.41) is 18.1. The van der Waals surface area contributed by atoms with Crippen molar-refractivity contribution in [3.63, 3.8) is 0 Å². The predicted molar refractivity (Wildman–Crippen MR) is 35.5 cm³/mol. The minimum Gasteiger partial charge on any atom is -0.512 e. The summed E-state index contributed by atoms with van der Waals surface area (Å²) in [5.41, 5.74) is -1.49. The first kappa shape index (κ1) is 7.02. The molecule has 10 heavy (non-hydrogen) atoms. The molecule has 0 amide bonds. The number of aliphatic hydroxyl groups excluding tert-OH is 1. The van der Waals surface area contributed by atoms with Crippen LogP contribution < -0.4 is 0 Å². The Kier molecular flexibility index (Phi) is 1.59. The minimum absolute atomic E-state index is 0.0208. The summed E-state index contributed by atoms with van der Waals surface area (Å²) in [6.45, 7) is 0. The molecule has 1 aliphatic rings. The van der Waals surface area contributed by atoms with Gasteiger partial charge in [0.1, 0.15) is 5.60 Å². The third kappa shape index (κ3) is 1.25. The lowest BCUT2D eigenvalue weighted by atomic mass is 9.96. The lowest BCUT2D eigenvalue weighted by Gasteiger charge is -2.18. The van der Waals surface area contributed by atoms with Crippen LogP contribution in [0.3, 0.4) is 0 Å². The van der Waals surface area contributed by atoms with Crippen LogP contribution in [0.25, 0.3) is 0 Å². The zero-order valence-electron chi connectivity index (χ0n) is 5.32. The molecule has 3 heteroatoms. The van der Waals surface area contributed by atoms with Crippen molar-refractivity contribution >= 4 is 6.29 Å². The van der Waals surface area contributed by atoms with Crippen molar-refractivity contribution in [2.24, 2.45) is 0 Å². The van der Waals surface area contributed by atoms with E-state index in [1.165, 1.54) is 18.2 Å². The number of carbonyl (C=O) groups excluding carboxylic acids is 1. The molecule has 0 bridgehead atoms. The summed E-state index contributed by atoms with van der Waals surface area (Å²) in [5.74, 6) is 0.0251. The first-order valence-corrected chi connectivity index (χ1v) is 2.92. The summed E-state index contributed by atoms with van der Waals surface area (Å²) < 4.78 is 0. The van der Waals surface area contributed by atoms with Crippen molar-refractivity contribution in [1.82, 2.24) is 0 Å². The van der Waals surface area contributed by atoms with Crippen molar-refractivity contribution in [1.29, 1.82) is 0 Å². The second kappa shape index (κ2) is 2.27. The SMILES string of the molecule is O=CC1(O)C=CC=C(O)C1. The Labute approximate surface area is 58.3 Å². The number of aliphatic hydroxyl groups is 2. The maximum Gasteiger partial charge on any atom is 0.155 e. The monoisotopic (exact) mass is 140 g/mol. The van der Waals surface area contributed by atoms with Crippen LogP contribution in [-0.4, -0.2) is 22.1 Å². The average molecular weight is 140 g/mol. The van der Waals surface area contributed by atoms with Gasteiger partial charge in [0, 0.05) is 6.42 Å². The van der Waals surface area contributed by atoms with Gasteiger partial charge in [0.25, 0.3) is 0 Å². The van der Waals surface area contributed by atoms with Gasteiger partial charge in [0.2, 0.25) is 0 Å². The lowest BCUT2D eigenvalue weighted by Crippen LogP contribution is -2.29. The first-order valence-electron chi connectivity index (χ1n) is 2.92. The summed E-state index contributed by atoms with van der Waals surface area (Å²) >= 11 is 0. The van der Waals surface area contributed by atoms with Crippen molar-refractivity contribution in [2.45, 2.75) is 12.0 Å². The number of hydrogen-bond donors (Lipinski definition) is 2. The maximum absolute atomic E-state index is 10.2. The van der Waals surface area contributed by atoms with Crippen molar-refractivity contribution < 1.29 is 15.0 Å². The Bertz CT molecular complexity index is 205. The molecule has 0 saturated heterocycles. The standard InChI is InChI=1S/C7H8O3/c8-5-7(10)3-1-2-6(9)4-7/h1-3,5,9-10H,4H2. The van der Waals surface area contributed by atoms with E-state index in [0.29, 0.717) is 6.29 Å². The maximum atomic E-state index is 10.2. The highest BCUT2D eigenvalue weighted by molar-refractivity contribution is 5.67. The molecule has 1 aliphatic carbocycles. The molecule has 1 rings (SSSR count). The number of rotatable bonds is 1. The van der Waals surface area contributed by atoms with Gasteiger partial charge in [-0.05, 0) is 12.2 Å². The summed E-state index contributed by atoms with van der Waals surface area (Å²) in [7, 11) is 0. The predicted octanol–water partition coefficient (Wildman–Crippen LogP) is 0.318. The van der Waals surface area contributed by atoms with E-state index in [2.05, 4.69) is 0 Å². The van der Waals surface area contributed by atoms with Crippen LogP contribution in [0.1, 0.15) is 6.42 Å². The zero-order chi connectivity index (χ0) is 7.61. The normalized spacial score (nSPS) is 31.5. The molecule has 0 aliphatic heterocycles. The molecule has 2 N–H and O–H groups in total. The molecule has 0 aromatic carbocycles. The van der Waals surface area contributed by atoms with Gasteiger partial charge in [0.15, 0.2) is 6.29 Å². The van der Waals surface area contributed by atoms with Gasteiger partial charge in [-0.15, -0.1) is 0 Å². The zero-order valence-corrected chi connectivity index (χ0v) is 5.32. The molecule has 0 spiro atoms. The Morgan fingerprint density at radius 2 is 2.40 bits per heavy atom. The minimum atomic E-state index is -1.49. The van der Waals surface area contributed by atoms with Gasteiger partial charge < -0.3 is 10.2 Å². The van der Waals surface area contributed by atoms with Gasteiger partial charge in [-0.3, -0.25) is 4.79 Å². The molecule has 3 nitrogen and oxygen atoms in total. The highest BCUT2D eigenvalue weighted by Crippen LogP contribution is 2.18. The number of carbonyl (C=O) groups is 1. The van der Waals surface area contributed by atoms with Crippen LogP contribution in [0.2, 0.25) is 0 Å². The Morgan fingerprint density at radius 3 is 2.80 bits per heavy atom. The summed E-state index contributed by atoms with van der Waals surface area (Å²) in [6.07, 6.45) is 4.63. The Hall–Kier alpha value is -1.09. The Morgan fingerprint density at radius 1 is 1.70 bits per heavy atom. The fraction of sp³-hybridized carbons (Fsp3) is 0.286. The second-order valence-electron chi connectivity index (χ2n) is 2.30. The van der Waals surface area contributed by atoms with Crippen molar-refractivity contribution in [3.05, 3.63) is 24.0 Å². The van der Waals surface area contributed by atoms with E-state index in [-0.39, 0.29) is 12.2 Å². The van der Waals surface area contributed by atoms with Gasteiger partial charge in [0.05, 0.1) is 5.76 Å². The summed E-state index contributed by atoms with van der Waals surface area (Å²) in [6, 6.07) is 0. The van der Waals surface area contributed by atoms with Crippen LogP contribution in [-0.2, 0) is 4.79 Å². The van der Waals surface area contributed by atoms with E-state index in [4.69, 9.17) is 5.11 Å². The molecular formula is C7H8O3. The molecule has 0 fully saturated rings. The topological polar surface area (TPSA) is 57.5 Å². The van der Waals surface area contributed by atoms with E-state index in [1.54, 1.807) is 0 Å². The van der Waals surface area contributed by atoms with Crippen LogP contribution in [0, 0.1) is 0 Å². The third-order valence-corrected chi connectivity index (χ3v) is 1.34. The smallest absolute Gasteiger partial charge is 0.155 e.